The Morgan fingerprint density at radius 3 is 2.90 bits per heavy atom. The third-order valence-corrected chi connectivity index (χ3v) is 4.42. The maximum absolute atomic E-state index is 11.0. The number of rotatable bonds is 5. The summed E-state index contributed by atoms with van der Waals surface area (Å²) in [6.45, 7) is 1.21. The van der Waals surface area contributed by atoms with Crippen LogP contribution in [-0.2, 0) is 4.79 Å². The summed E-state index contributed by atoms with van der Waals surface area (Å²) in [5.74, 6) is 0.289. The minimum Gasteiger partial charge on any atom is -0.492 e. The molecule has 1 aromatic rings. The van der Waals surface area contributed by atoms with Crippen molar-refractivity contribution < 1.29 is 14.6 Å². The molecule has 0 bridgehead atoms. The van der Waals surface area contributed by atoms with Gasteiger partial charge in [-0.15, -0.1) is 0 Å². The quantitative estimate of drug-likeness (QED) is 0.877. The number of hydrogen-bond acceptors (Lipinski definition) is 3. The summed E-state index contributed by atoms with van der Waals surface area (Å²) in [4.78, 5) is 11.0. The lowest BCUT2D eigenvalue weighted by Gasteiger charge is -2.16. The molecular weight excluding hydrogens is 278 g/mol. The van der Waals surface area contributed by atoms with Crippen LogP contribution in [0.2, 0.25) is 5.02 Å². The van der Waals surface area contributed by atoms with E-state index in [2.05, 4.69) is 5.32 Å². The third-order valence-electron chi connectivity index (χ3n) is 4.02. The standard InChI is InChI=1S/C15H18ClNO3/c16-14-11(12-6-10(7-17-12)15(18)19)2-1-3-13(14)20-8-9-4-5-9/h1-3,9-10,12,17H,4-8H2,(H,18,19). The Hall–Kier alpha value is -1.26. The van der Waals surface area contributed by atoms with Crippen LogP contribution in [0.1, 0.15) is 30.9 Å². The molecule has 2 unspecified atom stereocenters. The normalized spacial score (nSPS) is 25.6. The topological polar surface area (TPSA) is 58.6 Å². The summed E-state index contributed by atoms with van der Waals surface area (Å²) in [7, 11) is 0. The fraction of sp³-hybridized carbons (Fsp3) is 0.533. The molecule has 0 aromatic heterocycles. The summed E-state index contributed by atoms with van der Waals surface area (Å²) in [5, 5.41) is 12.9. The fourth-order valence-electron chi connectivity index (χ4n) is 2.56. The highest BCUT2D eigenvalue weighted by Gasteiger charge is 2.31. The Labute approximate surface area is 123 Å². The van der Waals surface area contributed by atoms with E-state index < -0.39 is 5.97 Å². The van der Waals surface area contributed by atoms with Crippen molar-refractivity contribution in [1.29, 1.82) is 0 Å². The Morgan fingerprint density at radius 1 is 1.45 bits per heavy atom. The average molecular weight is 296 g/mol. The summed E-state index contributed by atoms with van der Waals surface area (Å²) in [5.41, 5.74) is 0.934. The van der Waals surface area contributed by atoms with Gasteiger partial charge in [0.2, 0.25) is 0 Å². The van der Waals surface area contributed by atoms with E-state index in [0.717, 1.165) is 12.2 Å². The van der Waals surface area contributed by atoms with Crippen molar-refractivity contribution in [2.24, 2.45) is 11.8 Å². The van der Waals surface area contributed by atoms with Gasteiger partial charge in [0.25, 0.3) is 0 Å². The van der Waals surface area contributed by atoms with Gasteiger partial charge in [-0.3, -0.25) is 4.79 Å². The van der Waals surface area contributed by atoms with E-state index in [4.69, 9.17) is 21.4 Å². The highest BCUT2D eigenvalue weighted by molar-refractivity contribution is 6.32. The van der Waals surface area contributed by atoms with E-state index in [1.807, 2.05) is 18.2 Å². The van der Waals surface area contributed by atoms with Gasteiger partial charge in [0, 0.05) is 12.6 Å². The lowest BCUT2D eigenvalue weighted by atomic mass is 10.00. The van der Waals surface area contributed by atoms with Gasteiger partial charge in [-0.2, -0.15) is 0 Å². The number of nitrogens with one attached hydrogen (secondary N) is 1. The van der Waals surface area contributed by atoms with Crippen LogP contribution in [0.3, 0.4) is 0 Å². The zero-order valence-corrected chi connectivity index (χ0v) is 11.9. The Balaban J connectivity index is 1.72. The van der Waals surface area contributed by atoms with Gasteiger partial charge in [0.05, 0.1) is 17.5 Å². The van der Waals surface area contributed by atoms with Gasteiger partial charge in [-0.25, -0.2) is 0 Å². The molecule has 1 saturated carbocycles. The Morgan fingerprint density at radius 2 is 2.25 bits per heavy atom. The van der Waals surface area contributed by atoms with Crippen LogP contribution in [0.5, 0.6) is 5.75 Å². The maximum Gasteiger partial charge on any atom is 0.307 e. The lowest BCUT2D eigenvalue weighted by Crippen LogP contribution is -2.17. The van der Waals surface area contributed by atoms with E-state index in [1.165, 1.54) is 12.8 Å². The second-order valence-corrected chi connectivity index (χ2v) is 6.02. The molecule has 3 rings (SSSR count). The number of benzene rings is 1. The van der Waals surface area contributed by atoms with Crippen molar-refractivity contribution in [1.82, 2.24) is 5.32 Å². The predicted octanol–water partition coefficient (Wildman–Crippen LogP) is 2.86. The summed E-state index contributed by atoms with van der Waals surface area (Å²) < 4.78 is 5.76. The number of aliphatic carboxylic acids is 1. The van der Waals surface area contributed by atoms with Crippen molar-refractivity contribution in [2.75, 3.05) is 13.2 Å². The van der Waals surface area contributed by atoms with Gasteiger partial charge in [-0.1, -0.05) is 23.7 Å². The molecule has 1 aromatic carbocycles. The van der Waals surface area contributed by atoms with Gasteiger partial charge in [0.15, 0.2) is 0 Å². The zero-order valence-electron chi connectivity index (χ0n) is 11.1. The number of carboxylic acid groups (broad SMARTS) is 1. The average Bonchev–Trinajstić information content (AvgIpc) is 3.12. The van der Waals surface area contributed by atoms with Crippen LogP contribution in [0, 0.1) is 11.8 Å². The highest BCUT2D eigenvalue weighted by atomic mass is 35.5. The molecule has 2 atom stereocenters. The van der Waals surface area contributed by atoms with E-state index in [9.17, 15) is 4.79 Å². The largest absolute Gasteiger partial charge is 0.492 e. The van der Waals surface area contributed by atoms with Crippen molar-refractivity contribution >= 4 is 17.6 Å². The molecule has 2 aliphatic rings. The van der Waals surface area contributed by atoms with E-state index >= 15 is 0 Å². The molecule has 20 heavy (non-hydrogen) atoms. The van der Waals surface area contributed by atoms with E-state index in [-0.39, 0.29) is 12.0 Å². The summed E-state index contributed by atoms with van der Waals surface area (Å²) in [6, 6.07) is 5.72. The highest BCUT2D eigenvalue weighted by Crippen LogP contribution is 2.38. The van der Waals surface area contributed by atoms with Gasteiger partial charge in [-0.05, 0) is 36.8 Å². The summed E-state index contributed by atoms with van der Waals surface area (Å²) in [6.07, 6.45) is 3.05. The molecule has 0 spiro atoms. The van der Waals surface area contributed by atoms with Gasteiger partial charge < -0.3 is 15.2 Å². The van der Waals surface area contributed by atoms with Crippen molar-refractivity contribution in [3.63, 3.8) is 0 Å². The second-order valence-electron chi connectivity index (χ2n) is 5.65. The van der Waals surface area contributed by atoms with Gasteiger partial charge >= 0.3 is 5.97 Å². The first-order chi connectivity index (χ1) is 9.65. The van der Waals surface area contributed by atoms with Gasteiger partial charge in [0.1, 0.15) is 5.75 Å². The molecule has 5 heteroatoms. The van der Waals surface area contributed by atoms with Crippen molar-refractivity contribution in [2.45, 2.75) is 25.3 Å². The number of ether oxygens (including phenoxy) is 1. The minimum atomic E-state index is -0.753. The molecule has 1 aliphatic carbocycles. The molecular formula is C15H18ClNO3. The second kappa shape index (κ2) is 5.62. The molecule has 2 N–H and O–H groups in total. The van der Waals surface area contributed by atoms with E-state index in [1.54, 1.807) is 0 Å². The SMILES string of the molecule is O=C(O)C1CNC(c2cccc(OCC3CC3)c2Cl)C1. The molecule has 1 saturated heterocycles. The Bertz CT molecular complexity index is 516. The molecule has 1 aliphatic heterocycles. The first-order valence-electron chi connectivity index (χ1n) is 7.02. The van der Waals surface area contributed by atoms with Crippen molar-refractivity contribution in [3.8, 4) is 5.75 Å². The van der Waals surface area contributed by atoms with Crippen molar-refractivity contribution in [3.05, 3.63) is 28.8 Å². The van der Waals surface area contributed by atoms with Crippen LogP contribution in [0.25, 0.3) is 0 Å². The lowest BCUT2D eigenvalue weighted by molar-refractivity contribution is -0.141. The van der Waals surface area contributed by atoms with Crippen LogP contribution in [0.4, 0.5) is 0 Å². The van der Waals surface area contributed by atoms with Crippen LogP contribution in [-0.4, -0.2) is 24.2 Å². The number of halogens is 1. The summed E-state index contributed by atoms with van der Waals surface area (Å²) >= 11 is 6.41. The molecule has 1 heterocycles. The first-order valence-corrected chi connectivity index (χ1v) is 7.40. The maximum atomic E-state index is 11.0. The zero-order chi connectivity index (χ0) is 14.1. The van der Waals surface area contributed by atoms with Crippen LogP contribution in [0.15, 0.2) is 18.2 Å². The number of carbonyl (C=O) groups is 1. The molecule has 0 amide bonds. The molecule has 0 radical (unpaired) electrons. The minimum absolute atomic E-state index is 0.00641. The monoisotopic (exact) mass is 295 g/mol. The smallest absolute Gasteiger partial charge is 0.307 e. The molecule has 2 fully saturated rings. The Kier molecular flexibility index (Phi) is 3.85. The number of carboxylic acids is 1. The molecule has 4 nitrogen and oxygen atoms in total. The molecule has 108 valence electrons. The van der Waals surface area contributed by atoms with Crippen LogP contribution < -0.4 is 10.1 Å². The first kappa shape index (κ1) is 13.7. The number of hydrogen-bond donors (Lipinski definition) is 2. The predicted molar refractivity (Wildman–Crippen MR) is 76.2 cm³/mol. The third kappa shape index (κ3) is 2.91. The van der Waals surface area contributed by atoms with E-state index in [0.29, 0.717) is 29.7 Å². The van der Waals surface area contributed by atoms with Crippen LogP contribution >= 0.6 is 11.6 Å². The fourth-order valence-corrected chi connectivity index (χ4v) is 2.87.